The lowest BCUT2D eigenvalue weighted by Crippen LogP contribution is -2.29. The fraction of sp³-hybridized carbons (Fsp3) is 0.222. The maximum atomic E-state index is 14.0. The molecule has 1 fully saturated rings. The van der Waals surface area contributed by atoms with E-state index in [-0.39, 0.29) is 11.5 Å². The van der Waals surface area contributed by atoms with E-state index in [0.29, 0.717) is 5.52 Å². The van der Waals surface area contributed by atoms with Gasteiger partial charge in [-0.1, -0.05) is 29.5 Å². The van der Waals surface area contributed by atoms with Gasteiger partial charge in [0.1, 0.15) is 21.9 Å². The van der Waals surface area contributed by atoms with Crippen molar-refractivity contribution in [2.45, 2.75) is 24.2 Å². The molecule has 11 heteroatoms. The van der Waals surface area contributed by atoms with Crippen molar-refractivity contribution >= 4 is 55.2 Å². The molecule has 1 aliphatic rings. The molecule has 1 aromatic heterocycles. The van der Waals surface area contributed by atoms with Gasteiger partial charge in [-0.25, -0.2) is 8.42 Å². The number of aromatic nitrogens is 1. The number of halogens is 1. The molecule has 0 atom stereocenters. The van der Waals surface area contributed by atoms with Crippen molar-refractivity contribution in [3.63, 3.8) is 0 Å². The second-order valence-corrected chi connectivity index (χ2v) is 11.2. The molecule has 0 aliphatic carbocycles. The maximum absolute atomic E-state index is 14.0. The van der Waals surface area contributed by atoms with Gasteiger partial charge in [0.25, 0.3) is 16.2 Å². The first-order chi connectivity index (χ1) is 18.1. The Kier molecular flexibility index (Phi) is 8.50. The van der Waals surface area contributed by atoms with Crippen LogP contribution in [0.2, 0.25) is 0 Å². The molecular formula is C27H26FN3O5S2. The lowest BCUT2D eigenvalue weighted by atomic mass is 10.1. The molecule has 4 aromatic rings. The summed E-state index contributed by atoms with van der Waals surface area (Å²) >= 11 is 1.61. The number of nitro benzene ring substituents is 1. The van der Waals surface area contributed by atoms with Gasteiger partial charge in [-0.3, -0.25) is 10.1 Å². The molecule has 2 heterocycles. The minimum atomic E-state index is -4.52. The molecule has 0 amide bonds. The monoisotopic (exact) mass is 555 g/mol. The fourth-order valence-corrected chi connectivity index (χ4v) is 5.73. The quantitative estimate of drug-likeness (QED) is 0.139. The summed E-state index contributed by atoms with van der Waals surface area (Å²) in [7, 11) is -2.60. The molecule has 0 bridgehead atoms. The lowest BCUT2D eigenvalue weighted by molar-refractivity contribution is -0.643. The zero-order valence-corrected chi connectivity index (χ0v) is 22.3. The number of thiazole rings is 1. The standard InChI is InChI=1S/C21H22FN2S.C6H5NO5S/c1-23-20(25-19-7-5-6-18(22)21(19)23)13-10-16-8-11-17(12-9-16)24-14-3-2-4-15-24;8-7(9)5-1-3-6(4-2-5)13(10,11)12/h5-13H,2-4,14-15H2,1H3;1-4H,(H,10,11,12)/q+1;/p-1. The summed E-state index contributed by atoms with van der Waals surface area (Å²) in [6, 6.07) is 17.7. The Labute approximate surface area is 224 Å². The molecule has 0 unspecified atom stereocenters. The number of rotatable bonds is 5. The molecule has 198 valence electrons. The van der Waals surface area contributed by atoms with Gasteiger partial charge in [0, 0.05) is 37.0 Å². The largest absolute Gasteiger partial charge is 0.744 e. The van der Waals surface area contributed by atoms with Gasteiger partial charge in [-0.2, -0.15) is 8.96 Å². The highest BCUT2D eigenvalue weighted by atomic mass is 32.2. The summed E-state index contributed by atoms with van der Waals surface area (Å²) in [6.07, 6.45) is 8.11. The SMILES string of the molecule is C[n+]1c(C=Cc2ccc(N3CCCCC3)cc2)sc2cccc(F)c21.O=[N+]([O-])c1ccc(S(=O)(=O)[O-])cc1. The van der Waals surface area contributed by atoms with Crippen LogP contribution >= 0.6 is 11.3 Å². The van der Waals surface area contributed by atoms with Crippen molar-refractivity contribution in [2.75, 3.05) is 18.0 Å². The first kappa shape index (κ1) is 27.4. The highest BCUT2D eigenvalue weighted by Gasteiger charge is 2.18. The zero-order chi connectivity index (χ0) is 27.3. The molecule has 8 nitrogen and oxygen atoms in total. The van der Waals surface area contributed by atoms with Crippen LogP contribution in [-0.4, -0.2) is 31.0 Å². The Hall–Kier alpha value is -3.67. The summed E-state index contributed by atoms with van der Waals surface area (Å²) in [4.78, 5) is 11.5. The average molecular weight is 556 g/mol. The number of nitrogens with zero attached hydrogens (tertiary/aromatic N) is 3. The van der Waals surface area contributed by atoms with Crippen molar-refractivity contribution in [3.05, 3.63) is 93.2 Å². The Morgan fingerprint density at radius 3 is 2.21 bits per heavy atom. The van der Waals surface area contributed by atoms with E-state index in [1.807, 2.05) is 17.7 Å². The molecule has 0 radical (unpaired) electrons. The minimum Gasteiger partial charge on any atom is -0.744 e. The molecular weight excluding hydrogens is 529 g/mol. The van der Waals surface area contributed by atoms with Crippen molar-refractivity contribution < 1.29 is 26.9 Å². The van der Waals surface area contributed by atoms with Crippen LogP contribution in [-0.2, 0) is 17.2 Å². The highest BCUT2D eigenvalue weighted by Crippen LogP contribution is 2.25. The Bertz CT molecular complexity index is 1560. The van der Waals surface area contributed by atoms with Gasteiger partial charge in [0.2, 0.25) is 0 Å². The Morgan fingerprint density at radius 2 is 1.63 bits per heavy atom. The normalized spacial score (nSPS) is 13.9. The van der Waals surface area contributed by atoms with Crippen molar-refractivity contribution in [1.82, 2.24) is 0 Å². The molecule has 5 rings (SSSR count). The third kappa shape index (κ3) is 6.60. The van der Waals surface area contributed by atoms with E-state index >= 15 is 0 Å². The van der Waals surface area contributed by atoms with Crippen LogP contribution < -0.4 is 9.47 Å². The number of hydrogen-bond acceptors (Lipinski definition) is 7. The van der Waals surface area contributed by atoms with Gasteiger partial charge >= 0.3 is 0 Å². The van der Waals surface area contributed by atoms with Crippen molar-refractivity contribution in [2.24, 2.45) is 7.05 Å². The number of non-ortho nitro benzene ring substituents is 1. The van der Waals surface area contributed by atoms with Gasteiger partial charge in [-0.15, -0.1) is 0 Å². The van der Waals surface area contributed by atoms with E-state index in [9.17, 15) is 27.5 Å². The predicted octanol–water partition coefficient (Wildman–Crippen LogP) is 5.52. The number of fused-ring (bicyclic) bond motifs is 1. The number of benzene rings is 3. The van der Waals surface area contributed by atoms with Crippen LogP contribution in [0.1, 0.15) is 29.8 Å². The summed E-state index contributed by atoms with van der Waals surface area (Å²) in [5, 5.41) is 11.2. The van der Waals surface area contributed by atoms with E-state index in [1.165, 1.54) is 49.7 Å². The van der Waals surface area contributed by atoms with Crippen LogP contribution in [0.3, 0.4) is 0 Å². The van der Waals surface area contributed by atoms with E-state index in [0.717, 1.165) is 34.0 Å². The number of nitro groups is 1. The Balaban J connectivity index is 0.000000219. The number of para-hydroxylation sites is 1. The average Bonchev–Trinajstić information content (AvgIpc) is 3.24. The summed E-state index contributed by atoms with van der Waals surface area (Å²) in [5.74, 6) is -0.165. The molecule has 0 saturated carbocycles. The van der Waals surface area contributed by atoms with E-state index in [2.05, 4.69) is 41.3 Å². The smallest absolute Gasteiger partial charge is 0.269 e. The first-order valence-corrected chi connectivity index (χ1v) is 14.2. The molecule has 0 N–H and O–H groups in total. The van der Waals surface area contributed by atoms with Gasteiger partial charge in [0.15, 0.2) is 5.82 Å². The topological polar surface area (TPSA) is 107 Å². The van der Waals surface area contributed by atoms with Crippen LogP contribution in [0, 0.1) is 15.9 Å². The van der Waals surface area contributed by atoms with Gasteiger partial charge in [0.05, 0.1) is 9.82 Å². The first-order valence-electron chi connectivity index (χ1n) is 11.9. The third-order valence-corrected chi connectivity index (χ3v) is 8.22. The number of hydrogen-bond donors (Lipinski definition) is 0. The van der Waals surface area contributed by atoms with Crippen LogP contribution in [0.15, 0.2) is 71.6 Å². The summed E-state index contributed by atoms with van der Waals surface area (Å²) < 4.78 is 48.1. The van der Waals surface area contributed by atoms with Gasteiger partial charge < -0.3 is 9.45 Å². The molecule has 3 aromatic carbocycles. The molecule has 1 saturated heterocycles. The summed E-state index contributed by atoms with van der Waals surface area (Å²) in [6.45, 7) is 2.33. The second kappa shape index (κ2) is 11.8. The molecule has 1 aliphatic heterocycles. The third-order valence-electron chi connectivity index (χ3n) is 6.20. The van der Waals surface area contributed by atoms with Crippen molar-refractivity contribution in [3.8, 4) is 0 Å². The second-order valence-electron chi connectivity index (χ2n) is 8.76. The van der Waals surface area contributed by atoms with Crippen molar-refractivity contribution in [1.29, 1.82) is 0 Å². The number of anilines is 1. The van der Waals surface area contributed by atoms with Crippen LogP contribution in [0.4, 0.5) is 15.8 Å². The lowest BCUT2D eigenvalue weighted by Gasteiger charge is -2.28. The maximum Gasteiger partial charge on any atom is 0.269 e. The van der Waals surface area contributed by atoms with E-state index < -0.39 is 19.9 Å². The van der Waals surface area contributed by atoms with Crippen LogP contribution in [0.5, 0.6) is 0 Å². The minimum absolute atomic E-state index is 0.165. The summed E-state index contributed by atoms with van der Waals surface area (Å²) in [5.41, 5.74) is 2.89. The zero-order valence-electron chi connectivity index (χ0n) is 20.6. The predicted molar refractivity (Wildman–Crippen MR) is 145 cm³/mol. The molecule has 38 heavy (non-hydrogen) atoms. The van der Waals surface area contributed by atoms with Gasteiger partial charge in [-0.05, 0) is 67.3 Å². The fourth-order valence-electron chi connectivity index (χ4n) is 4.19. The molecule has 0 spiro atoms. The Morgan fingerprint density at radius 1 is 0.974 bits per heavy atom. The van der Waals surface area contributed by atoms with E-state index in [4.69, 9.17) is 0 Å². The number of piperidine rings is 1. The highest BCUT2D eigenvalue weighted by molar-refractivity contribution is 7.85. The van der Waals surface area contributed by atoms with Crippen LogP contribution in [0.25, 0.3) is 22.4 Å². The number of aryl methyl sites for hydroxylation is 1. The van der Waals surface area contributed by atoms with E-state index in [1.54, 1.807) is 17.4 Å².